The predicted molar refractivity (Wildman–Crippen MR) is 72.5 cm³/mol. The van der Waals surface area contributed by atoms with Crippen LogP contribution in [0.5, 0.6) is 0 Å². The third-order valence-corrected chi connectivity index (χ3v) is 3.52. The highest BCUT2D eigenvalue weighted by molar-refractivity contribution is 5.86. The van der Waals surface area contributed by atoms with Gasteiger partial charge in [-0.05, 0) is 19.3 Å². The molecule has 6 nitrogen and oxygen atoms in total. The number of hydrogen-bond acceptors (Lipinski definition) is 4. The Morgan fingerprint density at radius 3 is 2.47 bits per heavy atom. The molecular weight excluding hydrogens is 246 g/mol. The Kier molecular flexibility index (Phi) is 6.24. The molecule has 1 aliphatic rings. The molecule has 2 amide bonds. The summed E-state index contributed by atoms with van der Waals surface area (Å²) < 4.78 is 5.00. The van der Waals surface area contributed by atoms with Crippen LogP contribution in [0.15, 0.2) is 0 Å². The van der Waals surface area contributed by atoms with Crippen molar-refractivity contribution >= 4 is 11.8 Å². The van der Waals surface area contributed by atoms with Gasteiger partial charge in [-0.3, -0.25) is 9.59 Å². The largest absolute Gasteiger partial charge is 0.383 e. The molecule has 0 radical (unpaired) electrons. The number of nitrogens with zero attached hydrogens (tertiary/aromatic N) is 2. The van der Waals surface area contributed by atoms with Gasteiger partial charge in [0.2, 0.25) is 11.8 Å². The molecule has 1 saturated carbocycles. The molecule has 2 N–H and O–H groups in total. The molecule has 2 atom stereocenters. The van der Waals surface area contributed by atoms with Gasteiger partial charge in [-0.25, -0.2) is 0 Å². The topological polar surface area (TPSA) is 75.9 Å². The highest BCUT2D eigenvalue weighted by Gasteiger charge is 2.31. The average Bonchev–Trinajstić information content (AvgIpc) is 2.79. The molecule has 19 heavy (non-hydrogen) atoms. The van der Waals surface area contributed by atoms with E-state index in [-0.39, 0.29) is 30.3 Å². The van der Waals surface area contributed by atoms with Crippen molar-refractivity contribution in [2.45, 2.75) is 25.3 Å². The minimum Gasteiger partial charge on any atom is -0.383 e. The smallest absolute Gasteiger partial charge is 0.241 e. The number of carbonyl (C=O) groups excluding carboxylic acids is 2. The van der Waals surface area contributed by atoms with Gasteiger partial charge in [-0.15, -0.1) is 0 Å². The third-order valence-electron chi connectivity index (χ3n) is 3.52. The van der Waals surface area contributed by atoms with Crippen LogP contribution >= 0.6 is 0 Å². The zero-order valence-electron chi connectivity index (χ0n) is 12.1. The fourth-order valence-electron chi connectivity index (χ4n) is 2.27. The molecule has 0 aromatic rings. The van der Waals surface area contributed by atoms with Crippen LogP contribution in [0.1, 0.15) is 19.3 Å². The molecule has 0 saturated heterocycles. The number of nitrogens with two attached hydrogens (primary N) is 1. The summed E-state index contributed by atoms with van der Waals surface area (Å²) in [5.41, 5.74) is 5.84. The number of hydrogen-bond donors (Lipinski definition) is 1. The summed E-state index contributed by atoms with van der Waals surface area (Å²) in [5, 5.41) is 0. The molecule has 1 aliphatic carbocycles. The maximum absolute atomic E-state index is 12.4. The lowest BCUT2D eigenvalue weighted by Crippen LogP contribution is -2.44. The minimum atomic E-state index is -0.0771. The summed E-state index contributed by atoms with van der Waals surface area (Å²) in [6.07, 6.45) is 2.42. The van der Waals surface area contributed by atoms with Crippen molar-refractivity contribution in [3.8, 4) is 0 Å². The third kappa shape index (κ3) is 4.80. The second-order valence-electron chi connectivity index (χ2n) is 5.31. The molecule has 2 unspecified atom stereocenters. The Balaban J connectivity index is 2.61. The summed E-state index contributed by atoms with van der Waals surface area (Å²) in [6, 6.07) is 0.114. The van der Waals surface area contributed by atoms with E-state index in [0.717, 1.165) is 19.3 Å². The standard InChI is InChI=1S/C13H25N3O3/c1-15(2)12(17)9-16(6-7-19-3)13(18)10-4-5-11(14)8-10/h10-11H,4-9,14H2,1-3H3. The van der Waals surface area contributed by atoms with Gasteiger partial charge in [0, 0.05) is 39.7 Å². The molecule has 1 fully saturated rings. The Morgan fingerprint density at radius 2 is 2.00 bits per heavy atom. The van der Waals surface area contributed by atoms with E-state index in [2.05, 4.69) is 0 Å². The van der Waals surface area contributed by atoms with E-state index < -0.39 is 0 Å². The maximum atomic E-state index is 12.4. The van der Waals surface area contributed by atoms with Crippen LogP contribution in [-0.4, -0.2) is 68.6 Å². The molecule has 6 heteroatoms. The van der Waals surface area contributed by atoms with Gasteiger partial charge < -0.3 is 20.3 Å². The SMILES string of the molecule is COCCN(CC(=O)N(C)C)C(=O)C1CCC(N)C1. The van der Waals surface area contributed by atoms with Crippen molar-refractivity contribution in [1.82, 2.24) is 9.80 Å². The lowest BCUT2D eigenvalue weighted by atomic mass is 10.1. The van der Waals surface area contributed by atoms with Crippen molar-refractivity contribution in [2.24, 2.45) is 11.7 Å². The minimum absolute atomic E-state index is 0.0280. The fraction of sp³-hybridized carbons (Fsp3) is 0.846. The maximum Gasteiger partial charge on any atom is 0.241 e. The first-order valence-electron chi connectivity index (χ1n) is 6.69. The molecule has 0 spiro atoms. The van der Waals surface area contributed by atoms with E-state index in [9.17, 15) is 9.59 Å². The summed E-state index contributed by atoms with van der Waals surface area (Å²) >= 11 is 0. The van der Waals surface area contributed by atoms with Crippen LogP contribution in [0.2, 0.25) is 0 Å². The molecule has 0 aromatic heterocycles. The van der Waals surface area contributed by atoms with Crippen LogP contribution in [-0.2, 0) is 14.3 Å². The van der Waals surface area contributed by atoms with E-state index in [0.29, 0.717) is 13.2 Å². The Hall–Kier alpha value is -1.14. The zero-order valence-corrected chi connectivity index (χ0v) is 12.1. The van der Waals surface area contributed by atoms with Crippen molar-refractivity contribution in [3.05, 3.63) is 0 Å². The average molecular weight is 271 g/mol. The second kappa shape index (κ2) is 7.45. The normalized spacial score (nSPS) is 22.3. The van der Waals surface area contributed by atoms with Gasteiger partial charge >= 0.3 is 0 Å². The molecule has 0 aromatic carbocycles. The zero-order chi connectivity index (χ0) is 14.4. The van der Waals surface area contributed by atoms with Crippen LogP contribution in [0, 0.1) is 5.92 Å². The molecule has 1 rings (SSSR count). The van der Waals surface area contributed by atoms with Crippen LogP contribution in [0.25, 0.3) is 0 Å². The number of amides is 2. The highest BCUT2D eigenvalue weighted by atomic mass is 16.5. The number of likely N-dealkylation sites (N-methyl/N-ethyl adjacent to an activating group) is 1. The first-order chi connectivity index (χ1) is 8.95. The summed E-state index contributed by atoms with van der Waals surface area (Å²) in [5.74, 6) is -0.0891. The van der Waals surface area contributed by atoms with Gasteiger partial charge in [0.05, 0.1) is 13.2 Å². The highest BCUT2D eigenvalue weighted by Crippen LogP contribution is 2.25. The lowest BCUT2D eigenvalue weighted by molar-refractivity contribution is -0.142. The van der Waals surface area contributed by atoms with E-state index in [4.69, 9.17) is 10.5 Å². The molecule has 0 bridgehead atoms. The monoisotopic (exact) mass is 271 g/mol. The van der Waals surface area contributed by atoms with Gasteiger partial charge in [0.25, 0.3) is 0 Å². The van der Waals surface area contributed by atoms with E-state index in [1.54, 1.807) is 26.1 Å². The van der Waals surface area contributed by atoms with Crippen molar-refractivity contribution in [1.29, 1.82) is 0 Å². The lowest BCUT2D eigenvalue weighted by Gasteiger charge is -2.26. The van der Waals surface area contributed by atoms with Crippen LogP contribution in [0.4, 0.5) is 0 Å². The van der Waals surface area contributed by atoms with E-state index in [1.807, 2.05) is 0 Å². The van der Waals surface area contributed by atoms with E-state index >= 15 is 0 Å². The van der Waals surface area contributed by atoms with Crippen LogP contribution < -0.4 is 5.73 Å². The van der Waals surface area contributed by atoms with Crippen LogP contribution in [0.3, 0.4) is 0 Å². The molecular formula is C13H25N3O3. The number of carbonyl (C=O) groups is 2. The summed E-state index contributed by atoms with van der Waals surface area (Å²) in [4.78, 5) is 27.3. The second-order valence-corrected chi connectivity index (χ2v) is 5.31. The first kappa shape index (κ1) is 15.9. The van der Waals surface area contributed by atoms with Gasteiger partial charge in [0.15, 0.2) is 0 Å². The predicted octanol–water partition coefficient (Wildman–Crippen LogP) is -0.323. The van der Waals surface area contributed by atoms with Gasteiger partial charge in [-0.1, -0.05) is 0 Å². The van der Waals surface area contributed by atoms with Crippen molar-refractivity contribution in [3.63, 3.8) is 0 Å². The fourth-order valence-corrected chi connectivity index (χ4v) is 2.27. The first-order valence-corrected chi connectivity index (χ1v) is 6.69. The van der Waals surface area contributed by atoms with Crippen molar-refractivity contribution in [2.75, 3.05) is 40.9 Å². The summed E-state index contributed by atoms with van der Waals surface area (Å²) in [6.45, 7) is 0.993. The number of ether oxygens (including phenoxy) is 1. The number of rotatable bonds is 6. The Labute approximate surface area is 114 Å². The number of methoxy groups -OCH3 is 1. The quantitative estimate of drug-likeness (QED) is 0.718. The van der Waals surface area contributed by atoms with Crippen molar-refractivity contribution < 1.29 is 14.3 Å². The van der Waals surface area contributed by atoms with Gasteiger partial charge in [-0.2, -0.15) is 0 Å². The molecule has 0 aliphatic heterocycles. The molecule has 110 valence electrons. The Morgan fingerprint density at radius 1 is 1.32 bits per heavy atom. The van der Waals surface area contributed by atoms with E-state index in [1.165, 1.54) is 4.90 Å². The summed E-state index contributed by atoms with van der Waals surface area (Å²) in [7, 11) is 4.96. The van der Waals surface area contributed by atoms with Gasteiger partial charge in [0.1, 0.15) is 0 Å². The Bertz CT molecular complexity index is 320. The molecule has 0 heterocycles.